The third-order valence-electron chi connectivity index (χ3n) is 3.54. The van der Waals surface area contributed by atoms with Gasteiger partial charge in [-0.3, -0.25) is 10.7 Å². The van der Waals surface area contributed by atoms with E-state index in [1.807, 2.05) is 6.92 Å². The van der Waals surface area contributed by atoms with Gasteiger partial charge in [-0.2, -0.15) is 0 Å². The second kappa shape index (κ2) is 7.39. The van der Waals surface area contributed by atoms with Gasteiger partial charge in [0.2, 0.25) is 0 Å². The number of nitrogens with zero attached hydrogens (tertiary/aromatic N) is 2. The van der Waals surface area contributed by atoms with Crippen molar-refractivity contribution in [2.45, 2.75) is 19.8 Å². The fourth-order valence-electron chi connectivity index (χ4n) is 2.23. The molecule has 0 aromatic carbocycles. The summed E-state index contributed by atoms with van der Waals surface area (Å²) < 4.78 is 22.8. The van der Waals surface area contributed by atoms with Crippen LogP contribution >= 0.6 is 0 Å². The van der Waals surface area contributed by atoms with Crippen LogP contribution in [0.5, 0.6) is 0 Å². The first kappa shape index (κ1) is 17.9. The smallest absolute Gasteiger partial charge is 0.320 e. The fourth-order valence-corrected chi connectivity index (χ4v) is 3.12. The van der Waals surface area contributed by atoms with Crippen LogP contribution in [0, 0.1) is 11.3 Å². The molecule has 2 aromatic rings. The molecular weight excluding hydrogens is 332 g/mol. The summed E-state index contributed by atoms with van der Waals surface area (Å²) in [7, 11) is -3.49. The van der Waals surface area contributed by atoms with Gasteiger partial charge in [0.1, 0.15) is 10.6 Å². The molecule has 2 heterocycles. The normalized spacial score (nSPS) is 12.8. The van der Waals surface area contributed by atoms with Crippen molar-refractivity contribution >= 4 is 37.9 Å². The number of hydrogen-bond donors (Lipinski definition) is 4. The van der Waals surface area contributed by atoms with Gasteiger partial charge in [0.25, 0.3) is 0 Å². The number of anilines is 1. The Hall–Kier alpha value is -2.49. The Kier molecular flexibility index (Phi) is 5.50. The number of aromatic amines is 1. The van der Waals surface area contributed by atoms with Gasteiger partial charge in [-0.05, 0) is 18.9 Å². The quantitative estimate of drug-likeness (QED) is 0.461. The maximum absolute atomic E-state index is 11.9. The van der Waals surface area contributed by atoms with E-state index in [0.717, 1.165) is 6.26 Å². The molecule has 24 heavy (non-hydrogen) atoms. The molecule has 0 aliphatic rings. The minimum Gasteiger partial charge on any atom is -0.345 e. The molecule has 0 saturated carbocycles. The second-order valence-corrected chi connectivity index (χ2v) is 7.36. The van der Waals surface area contributed by atoms with Gasteiger partial charge in [0.15, 0.2) is 21.3 Å². The van der Waals surface area contributed by atoms with E-state index in [1.54, 1.807) is 12.3 Å². The highest BCUT2D eigenvalue weighted by atomic mass is 32.2. The largest absolute Gasteiger partial charge is 0.345 e. The minimum atomic E-state index is -3.49. The first-order valence-corrected chi connectivity index (χ1v) is 9.34. The highest BCUT2D eigenvalue weighted by Crippen LogP contribution is 2.13. The number of sulfone groups is 1. The van der Waals surface area contributed by atoms with Crippen LogP contribution in [0.15, 0.2) is 18.5 Å². The SMILES string of the molecule is CCC(CCNC(=O)Nc1cnc2[nH]ccc2n1)C(=N)S(C)(=O)=O. The summed E-state index contributed by atoms with van der Waals surface area (Å²) >= 11 is 0. The Morgan fingerprint density at radius 3 is 2.88 bits per heavy atom. The highest BCUT2D eigenvalue weighted by Gasteiger charge is 2.21. The number of hydrogen-bond acceptors (Lipinski definition) is 6. The summed E-state index contributed by atoms with van der Waals surface area (Å²) in [5.41, 5.74) is 1.27. The molecule has 10 heteroatoms. The predicted octanol–water partition coefficient (Wildman–Crippen LogP) is 1.52. The maximum Gasteiger partial charge on any atom is 0.320 e. The van der Waals surface area contributed by atoms with Crippen molar-refractivity contribution in [1.29, 1.82) is 5.41 Å². The molecule has 1 atom stereocenters. The van der Waals surface area contributed by atoms with Gasteiger partial charge in [0.05, 0.1) is 6.20 Å². The van der Waals surface area contributed by atoms with Crippen LogP contribution in [0.2, 0.25) is 0 Å². The van der Waals surface area contributed by atoms with Crippen LogP contribution in [0.3, 0.4) is 0 Å². The molecule has 0 aliphatic carbocycles. The summed E-state index contributed by atoms with van der Waals surface area (Å²) in [6.45, 7) is 2.06. The van der Waals surface area contributed by atoms with Crippen LogP contribution in [-0.2, 0) is 9.84 Å². The summed E-state index contributed by atoms with van der Waals surface area (Å²) in [6, 6.07) is 1.29. The van der Waals surface area contributed by atoms with E-state index in [1.165, 1.54) is 6.20 Å². The lowest BCUT2D eigenvalue weighted by atomic mass is 10.0. The van der Waals surface area contributed by atoms with Gasteiger partial charge >= 0.3 is 6.03 Å². The van der Waals surface area contributed by atoms with Gasteiger partial charge in [-0.25, -0.2) is 23.2 Å². The number of carbonyl (C=O) groups excluding carboxylic acids is 1. The molecule has 9 nitrogen and oxygen atoms in total. The van der Waals surface area contributed by atoms with Crippen LogP contribution in [0.1, 0.15) is 19.8 Å². The molecule has 2 amide bonds. The van der Waals surface area contributed by atoms with E-state index in [4.69, 9.17) is 5.41 Å². The standard InChI is InChI=1S/C14H20N6O3S/c1-3-9(12(15)24(2,22)23)4-6-17-14(21)20-11-8-18-13-10(19-11)5-7-16-13/h5,7-9,15H,3-4,6H2,1-2H3,(H,16,18)(H2,17,19,20,21). The Labute approximate surface area is 139 Å². The lowest BCUT2D eigenvalue weighted by Crippen LogP contribution is -2.32. The van der Waals surface area contributed by atoms with E-state index in [2.05, 4.69) is 25.6 Å². The van der Waals surface area contributed by atoms with Gasteiger partial charge in [-0.15, -0.1) is 0 Å². The Bertz CT molecular complexity index is 845. The molecule has 0 radical (unpaired) electrons. The molecule has 2 aromatic heterocycles. The van der Waals surface area contributed by atoms with E-state index in [9.17, 15) is 13.2 Å². The molecular formula is C14H20N6O3S. The van der Waals surface area contributed by atoms with E-state index in [0.29, 0.717) is 29.8 Å². The first-order chi connectivity index (χ1) is 11.3. The van der Waals surface area contributed by atoms with Gasteiger partial charge < -0.3 is 10.3 Å². The average molecular weight is 352 g/mol. The van der Waals surface area contributed by atoms with Crippen molar-refractivity contribution in [2.75, 3.05) is 18.1 Å². The Morgan fingerprint density at radius 1 is 1.46 bits per heavy atom. The lowest BCUT2D eigenvalue weighted by Gasteiger charge is -2.15. The molecule has 2 rings (SSSR count). The van der Waals surface area contributed by atoms with Crippen LogP contribution < -0.4 is 10.6 Å². The zero-order chi connectivity index (χ0) is 17.7. The number of carbonyl (C=O) groups is 1. The topological polar surface area (TPSA) is 141 Å². The Balaban J connectivity index is 1.85. The van der Waals surface area contributed by atoms with Gasteiger partial charge in [0, 0.05) is 24.9 Å². The number of rotatable bonds is 6. The van der Waals surface area contributed by atoms with Crippen molar-refractivity contribution in [3.05, 3.63) is 18.5 Å². The van der Waals surface area contributed by atoms with Crippen molar-refractivity contribution in [3.63, 3.8) is 0 Å². The van der Waals surface area contributed by atoms with E-state index < -0.39 is 21.8 Å². The molecule has 0 bridgehead atoms. The second-order valence-electron chi connectivity index (χ2n) is 5.38. The summed E-state index contributed by atoms with van der Waals surface area (Å²) in [4.78, 5) is 23.1. The number of nitrogens with one attached hydrogen (secondary N) is 4. The number of fused-ring (bicyclic) bond motifs is 1. The molecule has 4 N–H and O–H groups in total. The van der Waals surface area contributed by atoms with Crippen LogP contribution in [0.25, 0.3) is 11.2 Å². The first-order valence-electron chi connectivity index (χ1n) is 7.44. The fraction of sp³-hybridized carbons (Fsp3) is 0.429. The minimum absolute atomic E-state index is 0.252. The van der Waals surface area contributed by atoms with E-state index in [-0.39, 0.29) is 11.6 Å². The van der Waals surface area contributed by atoms with Crippen molar-refractivity contribution in [3.8, 4) is 0 Å². The highest BCUT2D eigenvalue weighted by molar-refractivity contribution is 8.05. The van der Waals surface area contributed by atoms with Crippen molar-refractivity contribution < 1.29 is 13.2 Å². The molecule has 0 fully saturated rings. The maximum atomic E-state index is 11.9. The molecule has 0 saturated heterocycles. The lowest BCUT2D eigenvalue weighted by molar-refractivity contribution is 0.251. The van der Waals surface area contributed by atoms with Crippen molar-refractivity contribution in [2.24, 2.45) is 5.92 Å². The Morgan fingerprint density at radius 2 is 2.21 bits per heavy atom. The monoisotopic (exact) mass is 352 g/mol. The molecule has 1 unspecified atom stereocenters. The van der Waals surface area contributed by atoms with Gasteiger partial charge in [-0.1, -0.05) is 6.92 Å². The molecule has 130 valence electrons. The summed E-state index contributed by atoms with van der Waals surface area (Å²) in [5.74, 6) is -0.0909. The number of H-pyrrole nitrogens is 1. The summed E-state index contributed by atoms with van der Waals surface area (Å²) in [5, 5.41) is 12.6. The van der Waals surface area contributed by atoms with Crippen LogP contribution in [0.4, 0.5) is 10.6 Å². The molecule has 0 aliphatic heterocycles. The number of amides is 2. The average Bonchev–Trinajstić information content (AvgIpc) is 2.97. The third-order valence-corrected chi connectivity index (χ3v) is 4.68. The number of aromatic nitrogens is 3. The zero-order valence-corrected chi connectivity index (χ0v) is 14.3. The third kappa shape index (κ3) is 4.51. The summed E-state index contributed by atoms with van der Waals surface area (Å²) in [6.07, 6.45) is 5.06. The van der Waals surface area contributed by atoms with Crippen molar-refractivity contribution in [1.82, 2.24) is 20.3 Å². The van der Waals surface area contributed by atoms with E-state index >= 15 is 0 Å². The number of urea groups is 1. The predicted molar refractivity (Wildman–Crippen MR) is 91.9 cm³/mol. The zero-order valence-electron chi connectivity index (χ0n) is 13.5. The van der Waals surface area contributed by atoms with Crippen LogP contribution in [-0.4, -0.2) is 47.2 Å². The molecule has 0 spiro atoms.